The van der Waals surface area contributed by atoms with Gasteiger partial charge in [-0.3, -0.25) is 23.8 Å². The lowest BCUT2D eigenvalue weighted by Crippen LogP contribution is -2.23. The van der Waals surface area contributed by atoms with Crippen LogP contribution in [0, 0.1) is 19.7 Å². The minimum Gasteiger partial charge on any atom is -0.345 e. The lowest BCUT2D eigenvalue weighted by molar-refractivity contribution is 0.0823. The first kappa shape index (κ1) is 24.9. The fraction of sp³-hybridized carbons (Fsp3) is 0.286. The quantitative estimate of drug-likeness (QED) is 0.371. The molecule has 1 saturated carbocycles. The second kappa shape index (κ2) is 9.27. The molecule has 0 bridgehead atoms. The molecule has 0 saturated heterocycles. The molecule has 0 unspecified atom stereocenters. The van der Waals surface area contributed by atoms with Crippen LogP contribution >= 0.6 is 11.6 Å². The van der Waals surface area contributed by atoms with Crippen LogP contribution in [-0.2, 0) is 7.05 Å². The van der Waals surface area contributed by atoms with Crippen molar-refractivity contribution in [2.75, 3.05) is 14.1 Å². The standard InChI is InChI=1S/C28H27ClFN5O2/c1-15-14-31-23(17-7-6-8-18(26(17)30)27(36)33(3)4)13-24(15)35-16(2)11-21(25(29)28(35)37)19-12-20(19)22-9-10-34(5)32-22/h6-11,13-14,19-20H,12H2,1-5H3/t19-,20-/m0/s1. The normalized spacial score (nSPS) is 16.6. The number of nitrogens with zero attached hydrogens (tertiary/aromatic N) is 5. The first-order chi connectivity index (χ1) is 17.6. The van der Waals surface area contributed by atoms with Crippen molar-refractivity contribution in [2.24, 2.45) is 7.05 Å². The summed E-state index contributed by atoms with van der Waals surface area (Å²) in [4.78, 5) is 31.7. The number of halogens is 2. The Bertz CT molecular complexity index is 1610. The molecule has 3 heterocycles. The van der Waals surface area contributed by atoms with E-state index in [1.165, 1.54) is 15.5 Å². The summed E-state index contributed by atoms with van der Waals surface area (Å²) in [6, 6.07) is 10.2. The molecule has 5 rings (SSSR count). The largest absolute Gasteiger partial charge is 0.345 e. The summed E-state index contributed by atoms with van der Waals surface area (Å²) in [7, 11) is 5.02. The van der Waals surface area contributed by atoms with Crippen molar-refractivity contribution in [1.82, 2.24) is 24.2 Å². The number of aryl methyl sites for hydroxylation is 3. The Morgan fingerprint density at radius 2 is 1.92 bits per heavy atom. The number of carbonyl (C=O) groups is 1. The molecule has 0 spiro atoms. The van der Waals surface area contributed by atoms with Crippen LogP contribution in [0.25, 0.3) is 16.9 Å². The number of amides is 1. The van der Waals surface area contributed by atoms with Crippen molar-refractivity contribution in [1.29, 1.82) is 0 Å². The van der Waals surface area contributed by atoms with Gasteiger partial charge in [-0.1, -0.05) is 17.7 Å². The van der Waals surface area contributed by atoms with Gasteiger partial charge in [-0.2, -0.15) is 5.10 Å². The molecule has 2 atom stereocenters. The van der Waals surface area contributed by atoms with Crippen LogP contribution in [-0.4, -0.2) is 44.2 Å². The Balaban J connectivity index is 1.56. The summed E-state index contributed by atoms with van der Waals surface area (Å²) in [6.07, 6.45) is 4.39. The molecular formula is C28H27ClFN5O2. The molecular weight excluding hydrogens is 493 g/mol. The Hall–Kier alpha value is -3.78. The maximum atomic E-state index is 15.4. The number of hydrogen-bond donors (Lipinski definition) is 0. The summed E-state index contributed by atoms with van der Waals surface area (Å²) >= 11 is 6.66. The summed E-state index contributed by atoms with van der Waals surface area (Å²) in [5, 5.41) is 4.68. The Labute approximate surface area is 219 Å². The molecule has 37 heavy (non-hydrogen) atoms. The SMILES string of the molecule is Cc1cnc(-c2cccc(C(=O)N(C)C)c2F)cc1-n1c(C)cc([C@H]2C[C@@H]2c2ccn(C)n2)c(Cl)c1=O. The van der Waals surface area contributed by atoms with E-state index in [2.05, 4.69) is 10.1 Å². The molecule has 7 nitrogen and oxygen atoms in total. The fourth-order valence-corrected chi connectivity index (χ4v) is 5.12. The number of aromatic nitrogens is 4. The van der Waals surface area contributed by atoms with Crippen molar-refractivity contribution in [3.63, 3.8) is 0 Å². The smallest absolute Gasteiger partial charge is 0.274 e. The first-order valence-electron chi connectivity index (χ1n) is 12.0. The zero-order valence-corrected chi connectivity index (χ0v) is 22.0. The zero-order chi connectivity index (χ0) is 26.6. The van der Waals surface area contributed by atoms with E-state index in [-0.39, 0.29) is 33.5 Å². The summed E-state index contributed by atoms with van der Waals surface area (Å²) in [6.45, 7) is 3.69. The number of rotatable bonds is 5. The lowest BCUT2D eigenvalue weighted by Gasteiger charge is -2.17. The molecule has 9 heteroatoms. The molecule has 3 aromatic heterocycles. The second-order valence-corrected chi connectivity index (χ2v) is 10.2. The fourth-order valence-electron chi connectivity index (χ4n) is 4.84. The highest BCUT2D eigenvalue weighted by Crippen LogP contribution is 2.55. The topological polar surface area (TPSA) is 73.0 Å². The van der Waals surface area contributed by atoms with Crippen LogP contribution in [0.3, 0.4) is 0 Å². The average molecular weight is 520 g/mol. The van der Waals surface area contributed by atoms with E-state index in [9.17, 15) is 9.59 Å². The van der Waals surface area contributed by atoms with Crippen LogP contribution in [0.4, 0.5) is 4.39 Å². The van der Waals surface area contributed by atoms with Gasteiger partial charge in [-0.15, -0.1) is 0 Å². The molecule has 1 amide bonds. The number of pyridine rings is 2. The zero-order valence-electron chi connectivity index (χ0n) is 21.3. The monoisotopic (exact) mass is 519 g/mol. The molecule has 1 fully saturated rings. The number of benzene rings is 1. The minimum absolute atomic E-state index is 0.0425. The molecule has 0 N–H and O–H groups in total. The molecule has 4 aromatic rings. The van der Waals surface area contributed by atoms with Gasteiger partial charge in [0, 0.05) is 50.7 Å². The van der Waals surface area contributed by atoms with Crippen LogP contribution in [0.5, 0.6) is 0 Å². The van der Waals surface area contributed by atoms with Crippen LogP contribution in [0.15, 0.2) is 53.6 Å². The first-order valence-corrected chi connectivity index (χ1v) is 12.4. The summed E-state index contributed by atoms with van der Waals surface area (Å²) in [5.41, 5.74) is 3.95. The van der Waals surface area contributed by atoms with E-state index in [4.69, 9.17) is 11.6 Å². The van der Waals surface area contributed by atoms with E-state index in [0.717, 1.165) is 23.2 Å². The molecule has 1 aromatic carbocycles. The molecule has 1 aliphatic carbocycles. The molecule has 190 valence electrons. The summed E-state index contributed by atoms with van der Waals surface area (Å²) < 4.78 is 18.7. The Morgan fingerprint density at radius 3 is 2.59 bits per heavy atom. The van der Waals surface area contributed by atoms with Crippen molar-refractivity contribution in [3.8, 4) is 16.9 Å². The highest BCUT2D eigenvalue weighted by atomic mass is 35.5. The van der Waals surface area contributed by atoms with Gasteiger partial charge in [0.2, 0.25) is 0 Å². The number of hydrogen-bond acceptors (Lipinski definition) is 4. The van der Waals surface area contributed by atoms with Gasteiger partial charge in [-0.05, 0) is 67.6 Å². The molecule has 1 aliphatic rings. The highest BCUT2D eigenvalue weighted by Gasteiger charge is 2.43. The number of carbonyl (C=O) groups excluding carboxylic acids is 1. The van der Waals surface area contributed by atoms with Gasteiger partial charge in [0.05, 0.1) is 22.6 Å². The van der Waals surface area contributed by atoms with E-state index < -0.39 is 11.7 Å². The maximum absolute atomic E-state index is 15.4. The Kier molecular flexibility index (Phi) is 6.23. The van der Waals surface area contributed by atoms with Gasteiger partial charge in [-0.25, -0.2) is 4.39 Å². The van der Waals surface area contributed by atoms with Gasteiger partial charge in [0.15, 0.2) is 0 Å². The Morgan fingerprint density at radius 1 is 1.16 bits per heavy atom. The third-order valence-corrected chi connectivity index (χ3v) is 7.27. The minimum atomic E-state index is -0.657. The van der Waals surface area contributed by atoms with Crippen molar-refractivity contribution >= 4 is 17.5 Å². The van der Waals surface area contributed by atoms with E-state index >= 15 is 4.39 Å². The van der Waals surface area contributed by atoms with Crippen molar-refractivity contribution in [2.45, 2.75) is 32.1 Å². The maximum Gasteiger partial charge on any atom is 0.274 e. The predicted octanol–water partition coefficient (Wildman–Crippen LogP) is 5.02. The van der Waals surface area contributed by atoms with Gasteiger partial charge >= 0.3 is 0 Å². The van der Waals surface area contributed by atoms with Crippen molar-refractivity contribution in [3.05, 3.63) is 98.1 Å². The predicted molar refractivity (Wildman–Crippen MR) is 141 cm³/mol. The van der Waals surface area contributed by atoms with Crippen molar-refractivity contribution < 1.29 is 9.18 Å². The molecule has 0 radical (unpaired) electrons. The van der Waals surface area contributed by atoms with Crippen LogP contribution in [0.2, 0.25) is 5.02 Å². The summed E-state index contributed by atoms with van der Waals surface area (Å²) in [5.74, 6) is -0.716. The molecule has 0 aliphatic heterocycles. The van der Waals surface area contributed by atoms with Gasteiger partial charge in [0.1, 0.15) is 10.8 Å². The van der Waals surface area contributed by atoms with E-state index in [1.807, 2.05) is 39.2 Å². The average Bonchev–Trinajstić information content (AvgIpc) is 3.54. The van der Waals surface area contributed by atoms with Crippen LogP contribution < -0.4 is 5.56 Å². The van der Waals surface area contributed by atoms with Crippen LogP contribution in [0.1, 0.15) is 51.1 Å². The third kappa shape index (κ3) is 4.35. The third-order valence-electron chi connectivity index (χ3n) is 6.89. The van der Waals surface area contributed by atoms with Gasteiger partial charge in [0.25, 0.3) is 11.5 Å². The lowest BCUT2D eigenvalue weighted by atomic mass is 10.0. The van der Waals surface area contributed by atoms with E-state index in [1.54, 1.807) is 43.2 Å². The second-order valence-electron chi connectivity index (χ2n) is 9.78. The van der Waals surface area contributed by atoms with E-state index in [0.29, 0.717) is 17.1 Å². The highest BCUT2D eigenvalue weighted by molar-refractivity contribution is 6.31. The van der Waals surface area contributed by atoms with Gasteiger partial charge < -0.3 is 4.90 Å².